The van der Waals surface area contributed by atoms with Crippen molar-refractivity contribution >= 4 is 28.4 Å². The van der Waals surface area contributed by atoms with Crippen molar-refractivity contribution in [1.82, 2.24) is 9.55 Å². The Balaban J connectivity index is 1.56. The zero-order valence-corrected chi connectivity index (χ0v) is 18.9. The van der Waals surface area contributed by atoms with Crippen LogP contribution in [0.15, 0.2) is 66.9 Å². The fraction of sp³-hybridized carbons (Fsp3) is 0.259. The number of pyridine rings is 1. The Hall–Kier alpha value is -3.80. The molecule has 0 unspecified atom stereocenters. The summed E-state index contributed by atoms with van der Waals surface area (Å²) in [6, 6.07) is 20.6. The average molecular weight is 441 g/mol. The molecule has 2 heterocycles. The summed E-state index contributed by atoms with van der Waals surface area (Å²) in [6.45, 7) is 3.65. The van der Waals surface area contributed by atoms with Crippen LogP contribution < -0.4 is 11.1 Å². The Labute approximate surface area is 193 Å². The third kappa shape index (κ3) is 4.04. The molecule has 5 rings (SSSR count). The zero-order valence-electron chi connectivity index (χ0n) is 18.9. The van der Waals surface area contributed by atoms with Crippen molar-refractivity contribution in [2.75, 3.05) is 11.1 Å². The molecule has 0 radical (unpaired) electrons. The zero-order chi connectivity index (χ0) is 22.9. The van der Waals surface area contributed by atoms with E-state index >= 15 is 0 Å². The van der Waals surface area contributed by atoms with Gasteiger partial charge in [0.2, 0.25) is 0 Å². The standard InChI is InChI=1S/C27H28N4O2/c1-17(2)33-27(32)30-20-12-9-18(10-13-20)26-25(28)22-14-11-19(23-8-3-4-15-29-23)16-24(22)31(26)21-6-5-7-21/h3-4,8-17,21H,5-7,28H2,1-2H3,(H,30,32). The maximum Gasteiger partial charge on any atom is 0.411 e. The van der Waals surface area contributed by atoms with Crippen LogP contribution in [0.2, 0.25) is 0 Å². The lowest BCUT2D eigenvalue weighted by Crippen LogP contribution is -2.18. The van der Waals surface area contributed by atoms with Gasteiger partial charge in [0.1, 0.15) is 0 Å². The molecule has 2 aromatic carbocycles. The van der Waals surface area contributed by atoms with Crippen LogP contribution in [0.1, 0.15) is 39.2 Å². The van der Waals surface area contributed by atoms with Crippen LogP contribution in [0, 0.1) is 0 Å². The molecule has 1 aliphatic carbocycles. The van der Waals surface area contributed by atoms with Crippen molar-refractivity contribution in [3.63, 3.8) is 0 Å². The maximum absolute atomic E-state index is 11.9. The molecule has 0 spiro atoms. The Morgan fingerprint density at radius 3 is 2.48 bits per heavy atom. The number of nitrogen functional groups attached to an aromatic ring is 1. The van der Waals surface area contributed by atoms with E-state index in [4.69, 9.17) is 10.5 Å². The van der Waals surface area contributed by atoms with Crippen LogP contribution in [-0.2, 0) is 4.74 Å². The van der Waals surface area contributed by atoms with Crippen LogP contribution in [0.25, 0.3) is 33.4 Å². The van der Waals surface area contributed by atoms with E-state index < -0.39 is 6.09 Å². The van der Waals surface area contributed by atoms with Crippen molar-refractivity contribution in [2.24, 2.45) is 0 Å². The normalized spacial score (nSPS) is 13.8. The number of amides is 1. The molecule has 0 bridgehead atoms. The lowest BCUT2D eigenvalue weighted by Gasteiger charge is -2.30. The fourth-order valence-corrected chi connectivity index (χ4v) is 4.42. The van der Waals surface area contributed by atoms with E-state index in [0.717, 1.165) is 51.9 Å². The van der Waals surface area contributed by atoms with Crippen LogP contribution in [0.3, 0.4) is 0 Å². The summed E-state index contributed by atoms with van der Waals surface area (Å²) >= 11 is 0. The molecule has 1 amide bonds. The van der Waals surface area contributed by atoms with Crippen LogP contribution in [0.4, 0.5) is 16.2 Å². The van der Waals surface area contributed by atoms with Gasteiger partial charge in [0.05, 0.1) is 28.7 Å². The number of nitrogens with two attached hydrogens (primary N) is 1. The van der Waals surface area contributed by atoms with E-state index in [9.17, 15) is 4.79 Å². The molecule has 33 heavy (non-hydrogen) atoms. The third-order valence-corrected chi connectivity index (χ3v) is 6.19. The van der Waals surface area contributed by atoms with Gasteiger partial charge >= 0.3 is 6.09 Å². The third-order valence-electron chi connectivity index (χ3n) is 6.19. The van der Waals surface area contributed by atoms with Crippen molar-refractivity contribution in [1.29, 1.82) is 0 Å². The van der Waals surface area contributed by atoms with Crippen LogP contribution >= 0.6 is 0 Å². The Kier molecular flexibility index (Phi) is 5.50. The predicted octanol–water partition coefficient (Wildman–Crippen LogP) is 6.63. The average Bonchev–Trinajstić information content (AvgIpc) is 3.05. The molecular weight excluding hydrogens is 412 g/mol. The number of aromatic nitrogens is 2. The highest BCUT2D eigenvalue weighted by atomic mass is 16.6. The molecule has 0 saturated heterocycles. The van der Waals surface area contributed by atoms with Gasteiger partial charge in [-0.25, -0.2) is 4.79 Å². The fourth-order valence-electron chi connectivity index (χ4n) is 4.42. The molecular formula is C27H28N4O2. The molecule has 6 heteroatoms. The lowest BCUT2D eigenvalue weighted by atomic mass is 9.92. The van der Waals surface area contributed by atoms with E-state index in [2.05, 4.69) is 33.1 Å². The number of hydrogen-bond donors (Lipinski definition) is 2. The second-order valence-corrected chi connectivity index (χ2v) is 8.82. The van der Waals surface area contributed by atoms with Gasteiger partial charge in [-0.05, 0) is 63.4 Å². The van der Waals surface area contributed by atoms with E-state index in [1.54, 1.807) is 0 Å². The minimum Gasteiger partial charge on any atom is -0.447 e. The highest BCUT2D eigenvalue weighted by Crippen LogP contribution is 2.44. The summed E-state index contributed by atoms with van der Waals surface area (Å²) in [6.07, 6.45) is 4.71. The van der Waals surface area contributed by atoms with Gasteiger partial charge in [-0.1, -0.05) is 30.3 Å². The number of anilines is 2. The van der Waals surface area contributed by atoms with Gasteiger partial charge in [0, 0.05) is 34.4 Å². The van der Waals surface area contributed by atoms with Crippen molar-refractivity contribution in [3.05, 3.63) is 66.9 Å². The highest BCUT2D eigenvalue weighted by molar-refractivity contribution is 6.02. The number of carbonyl (C=O) groups excluding carboxylic acids is 1. The Bertz CT molecular complexity index is 1290. The Morgan fingerprint density at radius 2 is 1.85 bits per heavy atom. The van der Waals surface area contributed by atoms with Crippen molar-refractivity contribution in [3.8, 4) is 22.5 Å². The lowest BCUT2D eigenvalue weighted by molar-refractivity contribution is 0.130. The quantitative estimate of drug-likeness (QED) is 0.365. The maximum atomic E-state index is 11.9. The Morgan fingerprint density at radius 1 is 1.09 bits per heavy atom. The molecule has 1 aliphatic rings. The molecule has 6 nitrogen and oxygen atoms in total. The molecule has 168 valence electrons. The summed E-state index contributed by atoms with van der Waals surface area (Å²) in [5.41, 5.74) is 13.4. The second-order valence-electron chi connectivity index (χ2n) is 8.82. The SMILES string of the molecule is CC(C)OC(=O)Nc1ccc(-c2c(N)c3ccc(-c4ccccn4)cc3n2C2CCC2)cc1. The monoisotopic (exact) mass is 440 g/mol. The summed E-state index contributed by atoms with van der Waals surface area (Å²) in [5, 5.41) is 3.83. The number of carbonyl (C=O) groups is 1. The van der Waals surface area contributed by atoms with Gasteiger partial charge < -0.3 is 15.0 Å². The number of benzene rings is 2. The molecule has 0 atom stereocenters. The molecule has 4 aromatic rings. The summed E-state index contributed by atoms with van der Waals surface area (Å²) < 4.78 is 7.57. The minimum atomic E-state index is -0.456. The van der Waals surface area contributed by atoms with E-state index in [1.807, 2.05) is 62.5 Å². The van der Waals surface area contributed by atoms with Crippen molar-refractivity contribution < 1.29 is 9.53 Å². The minimum absolute atomic E-state index is 0.168. The molecule has 3 N–H and O–H groups in total. The second kappa shape index (κ2) is 8.62. The molecule has 2 aromatic heterocycles. The number of nitrogens with zero attached hydrogens (tertiary/aromatic N) is 2. The number of nitrogens with one attached hydrogen (secondary N) is 1. The first-order valence-corrected chi connectivity index (χ1v) is 11.4. The summed E-state index contributed by atoms with van der Waals surface area (Å²) in [4.78, 5) is 16.4. The number of rotatable bonds is 5. The van der Waals surface area contributed by atoms with E-state index in [0.29, 0.717) is 11.7 Å². The first-order chi connectivity index (χ1) is 16.0. The topological polar surface area (TPSA) is 82.2 Å². The first-order valence-electron chi connectivity index (χ1n) is 11.4. The highest BCUT2D eigenvalue weighted by Gasteiger charge is 2.27. The first kappa shape index (κ1) is 21.1. The van der Waals surface area contributed by atoms with E-state index in [1.165, 1.54) is 6.42 Å². The summed E-state index contributed by atoms with van der Waals surface area (Å²) in [7, 11) is 0. The van der Waals surface area contributed by atoms with Gasteiger partial charge in [0.25, 0.3) is 0 Å². The molecule has 1 saturated carbocycles. The number of fused-ring (bicyclic) bond motifs is 1. The van der Waals surface area contributed by atoms with Crippen LogP contribution in [-0.4, -0.2) is 21.7 Å². The predicted molar refractivity (Wildman–Crippen MR) is 133 cm³/mol. The van der Waals surface area contributed by atoms with Gasteiger partial charge in [-0.2, -0.15) is 0 Å². The smallest absolute Gasteiger partial charge is 0.411 e. The van der Waals surface area contributed by atoms with E-state index in [-0.39, 0.29) is 6.10 Å². The summed E-state index contributed by atoms with van der Waals surface area (Å²) in [5.74, 6) is 0. The largest absolute Gasteiger partial charge is 0.447 e. The number of hydrogen-bond acceptors (Lipinski definition) is 4. The molecule has 0 aliphatic heterocycles. The van der Waals surface area contributed by atoms with Crippen LogP contribution in [0.5, 0.6) is 0 Å². The number of ether oxygens (including phenoxy) is 1. The van der Waals surface area contributed by atoms with Crippen molar-refractivity contribution in [2.45, 2.75) is 45.3 Å². The van der Waals surface area contributed by atoms with Gasteiger partial charge in [-0.15, -0.1) is 0 Å². The molecule has 1 fully saturated rings. The van der Waals surface area contributed by atoms with Gasteiger partial charge in [-0.3, -0.25) is 10.3 Å². The van der Waals surface area contributed by atoms with Gasteiger partial charge in [0.15, 0.2) is 0 Å².